The average Bonchev–Trinajstić information content (AvgIpc) is 3.23. The number of aliphatic hydroxyl groups is 1. The molecule has 11 heteroatoms. The number of unbranched alkanes of at least 4 members (excludes halogenated alkanes) is 21. The van der Waals surface area contributed by atoms with Crippen molar-refractivity contribution in [2.75, 3.05) is 47.5 Å². The standard InChI is InChI=1S/C52H94NO9P/c1-6-8-10-12-14-15-16-17-18-19-20-21-22-23-24-25-26-27-32-36-40-44-52(56)62-50(48-61-63(57,58)60-46-45-53(3,4)5)47-59-51(55)43-39-35-31-29-28-30-34-38-42-49(54)41-37-33-13-11-9-7-2/h9,11,29-31,33-34,37-38,42,49-50,54H,6-8,10,12-28,32,35-36,39-41,43-48H2,1-5H3/p+1/b11-9-,31-29-,34-30-,37-33-,42-38+/t49?,50-/m1/s1. The Labute approximate surface area is 386 Å². The van der Waals surface area contributed by atoms with Crippen LogP contribution in [0.2, 0.25) is 0 Å². The maximum atomic E-state index is 12.8. The lowest BCUT2D eigenvalue weighted by atomic mass is 10.0. The molecule has 0 aliphatic rings. The van der Waals surface area contributed by atoms with Gasteiger partial charge in [0.05, 0.1) is 33.9 Å². The van der Waals surface area contributed by atoms with Gasteiger partial charge in [0.2, 0.25) is 0 Å². The summed E-state index contributed by atoms with van der Waals surface area (Å²) in [4.78, 5) is 35.5. The summed E-state index contributed by atoms with van der Waals surface area (Å²) in [6.07, 6.45) is 50.3. The van der Waals surface area contributed by atoms with Crippen molar-refractivity contribution in [1.29, 1.82) is 0 Å². The number of rotatable bonds is 45. The minimum absolute atomic E-state index is 0.0118. The molecule has 0 spiro atoms. The van der Waals surface area contributed by atoms with Crippen molar-refractivity contribution in [2.24, 2.45) is 0 Å². The number of allylic oxidation sites excluding steroid dienone is 8. The number of esters is 2. The summed E-state index contributed by atoms with van der Waals surface area (Å²) in [5.74, 6) is -0.902. The zero-order valence-corrected chi connectivity index (χ0v) is 41.8. The summed E-state index contributed by atoms with van der Waals surface area (Å²) >= 11 is 0. The van der Waals surface area contributed by atoms with Gasteiger partial charge < -0.3 is 24.0 Å². The minimum Gasteiger partial charge on any atom is -0.462 e. The first-order chi connectivity index (χ1) is 30.4. The predicted octanol–water partition coefficient (Wildman–Crippen LogP) is 13.8. The van der Waals surface area contributed by atoms with Crippen LogP contribution >= 0.6 is 7.82 Å². The number of hydrogen-bond donors (Lipinski definition) is 2. The number of quaternary nitrogens is 1. The van der Waals surface area contributed by atoms with Crippen LogP contribution in [0.1, 0.15) is 200 Å². The van der Waals surface area contributed by atoms with Gasteiger partial charge in [-0.15, -0.1) is 0 Å². The van der Waals surface area contributed by atoms with E-state index in [1.165, 1.54) is 109 Å². The molecule has 0 aliphatic carbocycles. The number of carbonyl (C=O) groups is 2. The van der Waals surface area contributed by atoms with E-state index in [1.54, 1.807) is 6.08 Å². The van der Waals surface area contributed by atoms with Gasteiger partial charge in [0.25, 0.3) is 0 Å². The minimum atomic E-state index is -4.41. The molecule has 2 unspecified atom stereocenters. The van der Waals surface area contributed by atoms with E-state index in [2.05, 4.69) is 32.1 Å². The van der Waals surface area contributed by atoms with Crippen LogP contribution in [0.5, 0.6) is 0 Å². The van der Waals surface area contributed by atoms with Gasteiger partial charge in [0.15, 0.2) is 6.10 Å². The third-order valence-electron chi connectivity index (χ3n) is 10.6. The molecule has 10 nitrogen and oxygen atoms in total. The van der Waals surface area contributed by atoms with Crippen LogP contribution in [0.25, 0.3) is 0 Å². The second-order valence-electron chi connectivity index (χ2n) is 18.0. The SMILES string of the molecule is CC/C=C\C/C=C\CC(O)/C=C/C=C\C/C=C\CCCC(=O)OC[C@H](COP(=O)(O)OCC[N+](C)(C)C)OC(=O)CCCCCCCCCCCCCCCCCCCCCCC. The largest absolute Gasteiger partial charge is 0.472 e. The maximum Gasteiger partial charge on any atom is 0.472 e. The van der Waals surface area contributed by atoms with Crippen LogP contribution in [0.15, 0.2) is 60.8 Å². The molecule has 0 aromatic heterocycles. The van der Waals surface area contributed by atoms with Crippen molar-refractivity contribution in [3.63, 3.8) is 0 Å². The first-order valence-corrected chi connectivity index (χ1v) is 26.6. The summed E-state index contributed by atoms with van der Waals surface area (Å²) in [6.45, 7) is 4.17. The lowest BCUT2D eigenvalue weighted by molar-refractivity contribution is -0.870. The van der Waals surface area contributed by atoms with Gasteiger partial charge in [0, 0.05) is 12.8 Å². The van der Waals surface area contributed by atoms with Crippen molar-refractivity contribution in [3.8, 4) is 0 Å². The Bertz CT molecular complexity index is 1270. The Hall–Kier alpha value is -2.33. The van der Waals surface area contributed by atoms with Crippen molar-refractivity contribution in [2.45, 2.75) is 212 Å². The molecule has 0 bridgehead atoms. The zero-order valence-electron chi connectivity index (χ0n) is 40.9. The normalized spacial score (nSPS) is 14.5. The van der Waals surface area contributed by atoms with Crippen molar-refractivity contribution < 1.29 is 47.2 Å². The third-order valence-corrected chi connectivity index (χ3v) is 11.6. The fraction of sp³-hybridized carbons (Fsp3) is 0.769. The van der Waals surface area contributed by atoms with Crippen LogP contribution in [-0.4, -0.2) is 86.1 Å². The van der Waals surface area contributed by atoms with Gasteiger partial charge in [-0.05, 0) is 44.9 Å². The van der Waals surface area contributed by atoms with E-state index in [0.29, 0.717) is 36.7 Å². The molecule has 0 aromatic carbocycles. The van der Waals surface area contributed by atoms with Gasteiger partial charge in [-0.3, -0.25) is 18.6 Å². The maximum absolute atomic E-state index is 12.8. The molecule has 63 heavy (non-hydrogen) atoms. The van der Waals surface area contributed by atoms with Crippen molar-refractivity contribution in [3.05, 3.63) is 60.8 Å². The number of phosphoric acid groups is 1. The topological polar surface area (TPSA) is 129 Å². The Morgan fingerprint density at radius 3 is 1.65 bits per heavy atom. The van der Waals surface area contributed by atoms with Gasteiger partial charge in [-0.25, -0.2) is 4.57 Å². The van der Waals surface area contributed by atoms with Gasteiger partial charge >= 0.3 is 19.8 Å². The molecule has 0 fully saturated rings. The van der Waals surface area contributed by atoms with E-state index < -0.39 is 38.6 Å². The second-order valence-corrected chi connectivity index (χ2v) is 19.5. The summed E-state index contributed by atoms with van der Waals surface area (Å²) < 4.78 is 34.3. The number of likely N-dealkylation sites (N-methyl/N-ethyl adjacent to an activating group) is 1. The molecule has 366 valence electrons. The summed E-state index contributed by atoms with van der Waals surface area (Å²) in [5.41, 5.74) is 0. The van der Waals surface area contributed by atoms with Crippen molar-refractivity contribution >= 4 is 19.8 Å². The monoisotopic (exact) mass is 909 g/mol. The smallest absolute Gasteiger partial charge is 0.462 e. The molecule has 0 radical (unpaired) electrons. The number of nitrogens with zero attached hydrogens (tertiary/aromatic N) is 1. The molecule has 0 aromatic rings. The summed E-state index contributed by atoms with van der Waals surface area (Å²) in [5, 5.41) is 10.0. The molecule has 0 heterocycles. The number of phosphoric ester groups is 1. The molecule has 0 saturated heterocycles. The Kier molecular flexibility index (Phi) is 41.9. The Balaban J connectivity index is 4.37. The predicted molar refractivity (Wildman–Crippen MR) is 262 cm³/mol. The molecule has 0 saturated carbocycles. The van der Waals surface area contributed by atoms with E-state index in [0.717, 1.165) is 38.5 Å². The highest BCUT2D eigenvalue weighted by Gasteiger charge is 2.27. The summed E-state index contributed by atoms with van der Waals surface area (Å²) in [6, 6.07) is 0. The van der Waals surface area contributed by atoms with Gasteiger partial charge in [0.1, 0.15) is 19.8 Å². The molecule has 2 N–H and O–H groups in total. The zero-order chi connectivity index (χ0) is 46.5. The molecular weight excluding hydrogens is 814 g/mol. The number of aliphatic hydroxyl groups excluding tert-OH is 1. The average molecular weight is 909 g/mol. The van der Waals surface area contributed by atoms with Gasteiger partial charge in [-0.2, -0.15) is 0 Å². The lowest BCUT2D eigenvalue weighted by Crippen LogP contribution is -2.37. The summed E-state index contributed by atoms with van der Waals surface area (Å²) in [7, 11) is 1.41. The molecular formula is C52H95NO9P+. The van der Waals surface area contributed by atoms with E-state index in [9.17, 15) is 24.2 Å². The van der Waals surface area contributed by atoms with E-state index in [4.69, 9.17) is 18.5 Å². The first kappa shape index (κ1) is 60.7. The first-order valence-electron chi connectivity index (χ1n) is 25.1. The highest BCUT2D eigenvalue weighted by Crippen LogP contribution is 2.43. The number of carbonyl (C=O) groups excluding carboxylic acids is 2. The Morgan fingerprint density at radius 1 is 0.587 bits per heavy atom. The lowest BCUT2D eigenvalue weighted by Gasteiger charge is -2.24. The highest BCUT2D eigenvalue weighted by molar-refractivity contribution is 7.47. The van der Waals surface area contributed by atoms with E-state index in [-0.39, 0.29) is 26.1 Å². The van der Waals surface area contributed by atoms with Crippen LogP contribution in [0.3, 0.4) is 0 Å². The molecule has 3 atom stereocenters. The van der Waals surface area contributed by atoms with Crippen molar-refractivity contribution in [1.82, 2.24) is 0 Å². The van der Waals surface area contributed by atoms with Crippen LogP contribution in [0.4, 0.5) is 0 Å². The number of hydrogen-bond acceptors (Lipinski definition) is 8. The highest BCUT2D eigenvalue weighted by atomic mass is 31.2. The molecule has 0 rings (SSSR count). The Morgan fingerprint density at radius 2 is 1.10 bits per heavy atom. The second kappa shape index (κ2) is 43.6. The molecule has 0 aliphatic heterocycles. The fourth-order valence-electron chi connectivity index (χ4n) is 6.72. The molecule has 0 amide bonds. The third kappa shape index (κ3) is 47.5. The fourth-order valence-corrected chi connectivity index (χ4v) is 7.46. The van der Waals surface area contributed by atoms with E-state index in [1.807, 2.05) is 57.6 Å². The quantitative estimate of drug-likeness (QED) is 0.0153. The van der Waals surface area contributed by atoms with Crippen LogP contribution < -0.4 is 0 Å². The van der Waals surface area contributed by atoms with E-state index >= 15 is 0 Å². The van der Waals surface area contributed by atoms with Crippen LogP contribution in [-0.2, 0) is 32.7 Å². The van der Waals surface area contributed by atoms with Crippen LogP contribution in [0, 0.1) is 0 Å². The van der Waals surface area contributed by atoms with Gasteiger partial charge in [-0.1, -0.05) is 203 Å². The number of ether oxygens (including phenoxy) is 2.